The lowest BCUT2D eigenvalue weighted by Gasteiger charge is -2.25. The molecule has 1 fully saturated rings. The van der Waals surface area contributed by atoms with Crippen LogP contribution in [-0.4, -0.2) is 29.4 Å². The van der Waals surface area contributed by atoms with Crippen molar-refractivity contribution in [3.05, 3.63) is 11.7 Å². The number of ether oxygens (including phenoxy) is 1. The summed E-state index contributed by atoms with van der Waals surface area (Å²) in [7, 11) is 0. The van der Waals surface area contributed by atoms with Crippen molar-refractivity contribution in [1.82, 2.24) is 10.1 Å². The summed E-state index contributed by atoms with van der Waals surface area (Å²) >= 11 is 0. The maximum Gasteiger partial charge on any atom is 0.228 e. The summed E-state index contributed by atoms with van der Waals surface area (Å²) in [5, 5.41) is 4.08. The van der Waals surface area contributed by atoms with E-state index in [1.165, 1.54) is 0 Å². The summed E-state index contributed by atoms with van der Waals surface area (Å²) in [4.78, 5) is 4.47. The largest absolute Gasteiger partial charge is 0.381 e. The highest BCUT2D eigenvalue weighted by molar-refractivity contribution is 4.98. The van der Waals surface area contributed by atoms with Crippen LogP contribution in [0.2, 0.25) is 0 Å². The molecular weight excluding hydrogens is 230 g/mol. The van der Waals surface area contributed by atoms with Gasteiger partial charge in [-0.2, -0.15) is 4.98 Å². The molecule has 1 aromatic rings. The molecule has 1 unspecified atom stereocenters. The number of rotatable bonds is 3. The molecule has 5 heteroatoms. The Bertz CT molecular complexity index is 378. The quantitative estimate of drug-likeness (QED) is 0.890. The second-order valence-electron chi connectivity index (χ2n) is 6.11. The molecule has 1 aromatic heterocycles. The minimum atomic E-state index is 0.0282. The molecule has 0 bridgehead atoms. The van der Waals surface area contributed by atoms with Gasteiger partial charge in [0.1, 0.15) is 0 Å². The molecule has 1 aliphatic heterocycles. The van der Waals surface area contributed by atoms with Gasteiger partial charge in [0, 0.05) is 31.6 Å². The number of nitrogens with two attached hydrogens (primary N) is 1. The van der Waals surface area contributed by atoms with Crippen molar-refractivity contribution in [1.29, 1.82) is 0 Å². The average molecular weight is 253 g/mol. The van der Waals surface area contributed by atoms with E-state index in [4.69, 9.17) is 15.0 Å². The summed E-state index contributed by atoms with van der Waals surface area (Å²) in [5.74, 6) is 1.84. The van der Waals surface area contributed by atoms with E-state index < -0.39 is 0 Å². The van der Waals surface area contributed by atoms with Gasteiger partial charge in [0.25, 0.3) is 0 Å². The van der Waals surface area contributed by atoms with Crippen molar-refractivity contribution in [2.75, 3.05) is 13.2 Å². The van der Waals surface area contributed by atoms with Gasteiger partial charge in [-0.3, -0.25) is 0 Å². The normalized spacial score (nSPS) is 20.0. The van der Waals surface area contributed by atoms with Crippen molar-refractivity contribution in [2.24, 2.45) is 11.1 Å². The van der Waals surface area contributed by atoms with Gasteiger partial charge in [0.05, 0.1) is 0 Å². The van der Waals surface area contributed by atoms with Gasteiger partial charge in [0.15, 0.2) is 5.82 Å². The Labute approximate surface area is 108 Å². The Hall–Kier alpha value is -0.940. The first-order chi connectivity index (χ1) is 8.47. The van der Waals surface area contributed by atoms with Crippen LogP contribution in [0.25, 0.3) is 0 Å². The first-order valence-corrected chi connectivity index (χ1v) is 6.62. The van der Waals surface area contributed by atoms with Crippen LogP contribution in [0.4, 0.5) is 0 Å². The lowest BCUT2D eigenvalue weighted by molar-refractivity contribution is 0.0830. The summed E-state index contributed by atoms with van der Waals surface area (Å²) < 4.78 is 10.6. The number of hydrogen-bond donors (Lipinski definition) is 1. The highest BCUT2D eigenvalue weighted by Gasteiger charge is 2.25. The number of hydrogen-bond acceptors (Lipinski definition) is 5. The molecule has 1 saturated heterocycles. The van der Waals surface area contributed by atoms with Gasteiger partial charge in [-0.1, -0.05) is 25.9 Å². The number of nitrogens with zero attached hydrogens (tertiary/aromatic N) is 2. The van der Waals surface area contributed by atoms with Gasteiger partial charge < -0.3 is 15.0 Å². The molecule has 102 valence electrons. The topological polar surface area (TPSA) is 74.2 Å². The zero-order valence-corrected chi connectivity index (χ0v) is 11.5. The third-order valence-electron chi connectivity index (χ3n) is 3.58. The molecule has 2 N–H and O–H groups in total. The molecule has 1 atom stereocenters. The van der Waals surface area contributed by atoms with Crippen LogP contribution in [0.1, 0.15) is 51.2 Å². The first kappa shape index (κ1) is 13.5. The SMILES string of the molecule is CC(C)(C)C(N)Cc1nc(C2CCOCC2)no1. The zero-order chi connectivity index (χ0) is 13.2. The van der Waals surface area contributed by atoms with Crippen molar-refractivity contribution in [3.8, 4) is 0 Å². The van der Waals surface area contributed by atoms with E-state index in [1.807, 2.05) is 0 Å². The van der Waals surface area contributed by atoms with Crippen LogP contribution in [0.5, 0.6) is 0 Å². The fourth-order valence-corrected chi connectivity index (χ4v) is 1.97. The predicted molar refractivity (Wildman–Crippen MR) is 68.2 cm³/mol. The Kier molecular flexibility index (Phi) is 4.02. The molecule has 0 aliphatic carbocycles. The molecule has 18 heavy (non-hydrogen) atoms. The minimum Gasteiger partial charge on any atom is -0.381 e. The summed E-state index contributed by atoms with van der Waals surface area (Å²) in [6, 6.07) is 0.0282. The van der Waals surface area contributed by atoms with E-state index in [9.17, 15) is 0 Å². The van der Waals surface area contributed by atoms with Crippen molar-refractivity contribution in [2.45, 2.75) is 52.0 Å². The number of aromatic nitrogens is 2. The standard InChI is InChI=1S/C13H23N3O2/c1-13(2,3)10(14)8-11-15-12(16-18-11)9-4-6-17-7-5-9/h9-10H,4-8,14H2,1-3H3. The van der Waals surface area contributed by atoms with Crippen LogP contribution in [0.3, 0.4) is 0 Å². The highest BCUT2D eigenvalue weighted by Crippen LogP contribution is 2.25. The maximum atomic E-state index is 6.12. The molecule has 0 radical (unpaired) electrons. The van der Waals surface area contributed by atoms with Crippen molar-refractivity contribution >= 4 is 0 Å². The predicted octanol–water partition coefficient (Wildman–Crippen LogP) is 1.88. The minimum absolute atomic E-state index is 0.0282. The van der Waals surface area contributed by atoms with Crippen molar-refractivity contribution < 1.29 is 9.26 Å². The van der Waals surface area contributed by atoms with Gasteiger partial charge in [0.2, 0.25) is 5.89 Å². The van der Waals surface area contributed by atoms with Gasteiger partial charge >= 0.3 is 0 Å². The van der Waals surface area contributed by atoms with E-state index in [0.29, 0.717) is 18.2 Å². The maximum absolute atomic E-state index is 6.12. The van der Waals surface area contributed by atoms with Gasteiger partial charge in [-0.25, -0.2) is 0 Å². The van der Waals surface area contributed by atoms with E-state index in [0.717, 1.165) is 31.9 Å². The Morgan fingerprint density at radius 3 is 2.61 bits per heavy atom. The van der Waals surface area contributed by atoms with Crippen molar-refractivity contribution in [3.63, 3.8) is 0 Å². The monoisotopic (exact) mass is 253 g/mol. The Balaban J connectivity index is 1.97. The molecule has 0 aromatic carbocycles. The molecule has 0 amide bonds. The summed E-state index contributed by atoms with van der Waals surface area (Å²) in [5.41, 5.74) is 6.17. The van der Waals surface area contributed by atoms with Gasteiger partial charge in [-0.05, 0) is 18.3 Å². The first-order valence-electron chi connectivity index (χ1n) is 6.62. The van der Waals surface area contributed by atoms with Crippen LogP contribution in [-0.2, 0) is 11.2 Å². The summed E-state index contributed by atoms with van der Waals surface area (Å²) in [6.45, 7) is 7.93. The third kappa shape index (κ3) is 3.29. The van der Waals surface area contributed by atoms with Gasteiger partial charge in [-0.15, -0.1) is 0 Å². The summed E-state index contributed by atoms with van der Waals surface area (Å²) in [6.07, 6.45) is 2.59. The third-order valence-corrected chi connectivity index (χ3v) is 3.58. The Morgan fingerprint density at radius 2 is 2.00 bits per heavy atom. The molecule has 2 rings (SSSR count). The van der Waals surface area contributed by atoms with Crippen LogP contribution >= 0.6 is 0 Å². The molecular formula is C13H23N3O2. The zero-order valence-electron chi connectivity index (χ0n) is 11.5. The Morgan fingerprint density at radius 1 is 1.33 bits per heavy atom. The molecule has 0 saturated carbocycles. The van der Waals surface area contributed by atoms with Crippen LogP contribution < -0.4 is 5.73 Å². The highest BCUT2D eigenvalue weighted by atomic mass is 16.5. The van der Waals surface area contributed by atoms with E-state index >= 15 is 0 Å². The van der Waals surface area contributed by atoms with E-state index in [2.05, 4.69) is 30.9 Å². The second-order valence-corrected chi connectivity index (χ2v) is 6.11. The molecule has 2 heterocycles. The smallest absolute Gasteiger partial charge is 0.228 e. The van der Waals surface area contributed by atoms with E-state index in [-0.39, 0.29) is 11.5 Å². The molecule has 5 nitrogen and oxygen atoms in total. The molecule has 1 aliphatic rings. The fourth-order valence-electron chi connectivity index (χ4n) is 1.97. The lowest BCUT2D eigenvalue weighted by Crippen LogP contribution is -2.37. The molecule has 0 spiro atoms. The van der Waals surface area contributed by atoms with Crippen LogP contribution in [0, 0.1) is 5.41 Å². The average Bonchev–Trinajstić information content (AvgIpc) is 2.77. The second kappa shape index (κ2) is 5.36. The fraction of sp³-hybridized carbons (Fsp3) is 0.846. The lowest BCUT2D eigenvalue weighted by atomic mass is 9.85. The van der Waals surface area contributed by atoms with Crippen LogP contribution in [0.15, 0.2) is 4.52 Å². The van der Waals surface area contributed by atoms with E-state index in [1.54, 1.807) is 0 Å².